The maximum atomic E-state index is 11.6. The van der Waals surface area contributed by atoms with E-state index in [2.05, 4.69) is 20.8 Å². The third-order valence-corrected chi connectivity index (χ3v) is 3.93. The number of urea groups is 1. The summed E-state index contributed by atoms with van der Waals surface area (Å²) >= 11 is 1.13. The molecule has 1 aromatic rings. The van der Waals surface area contributed by atoms with Crippen LogP contribution in [0.5, 0.6) is 0 Å². The fourth-order valence-electron chi connectivity index (χ4n) is 1.67. The summed E-state index contributed by atoms with van der Waals surface area (Å²) in [6.45, 7) is 2.60. The van der Waals surface area contributed by atoms with E-state index in [1.54, 1.807) is 0 Å². The highest BCUT2D eigenvalue weighted by Crippen LogP contribution is 2.18. The number of amides is 3. The van der Waals surface area contributed by atoms with Crippen molar-refractivity contribution in [3.63, 3.8) is 0 Å². The third-order valence-electron chi connectivity index (χ3n) is 2.96. The number of nitrogens with zero attached hydrogens (tertiary/aromatic N) is 2. The number of imide groups is 1. The van der Waals surface area contributed by atoms with E-state index in [0.29, 0.717) is 11.7 Å². The van der Waals surface area contributed by atoms with Crippen LogP contribution in [0, 0.1) is 0 Å². The molecule has 1 saturated carbocycles. The van der Waals surface area contributed by atoms with Gasteiger partial charge in [-0.15, -0.1) is 5.10 Å². The number of unbranched alkanes of at least 4 members (excludes halogenated alkanes) is 1. The Morgan fingerprint density at radius 3 is 2.90 bits per heavy atom. The average molecular weight is 313 g/mol. The summed E-state index contributed by atoms with van der Waals surface area (Å²) in [6.07, 6.45) is 3.76. The molecule has 0 bridgehead atoms. The molecule has 0 spiro atoms. The average Bonchev–Trinajstić information content (AvgIpc) is 3.17. The fourth-order valence-corrected chi connectivity index (χ4v) is 2.44. The highest BCUT2D eigenvalue weighted by Gasteiger charge is 2.24. The molecule has 21 heavy (non-hydrogen) atoms. The largest absolute Gasteiger partial charge is 0.343 e. The Balaban J connectivity index is 1.80. The second-order valence-corrected chi connectivity index (χ2v) is 5.84. The van der Waals surface area contributed by atoms with E-state index < -0.39 is 11.9 Å². The van der Waals surface area contributed by atoms with Crippen LogP contribution in [0.2, 0.25) is 0 Å². The minimum atomic E-state index is -0.464. The van der Waals surface area contributed by atoms with Crippen molar-refractivity contribution in [1.82, 2.24) is 25.4 Å². The normalized spacial score (nSPS) is 14.0. The van der Waals surface area contributed by atoms with Crippen LogP contribution in [0.25, 0.3) is 0 Å². The van der Waals surface area contributed by atoms with E-state index in [9.17, 15) is 14.4 Å². The molecule has 0 atom stereocenters. The van der Waals surface area contributed by atoms with Gasteiger partial charge >= 0.3 is 11.7 Å². The summed E-state index contributed by atoms with van der Waals surface area (Å²) in [5, 5.41) is 11.6. The van der Waals surface area contributed by atoms with Crippen molar-refractivity contribution < 1.29 is 9.59 Å². The fraction of sp³-hybridized carbons (Fsp3) is 0.667. The van der Waals surface area contributed by atoms with Crippen LogP contribution in [-0.2, 0) is 11.3 Å². The number of H-pyrrole nitrogens is 1. The van der Waals surface area contributed by atoms with Gasteiger partial charge in [0, 0.05) is 12.6 Å². The van der Waals surface area contributed by atoms with Gasteiger partial charge in [0.1, 0.15) is 0 Å². The Bertz CT molecular complexity index is 563. The summed E-state index contributed by atoms with van der Waals surface area (Å²) < 4.78 is 1.51. The van der Waals surface area contributed by atoms with E-state index in [1.807, 2.05) is 6.92 Å². The molecule has 9 heteroatoms. The van der Waals surface area contributed by atoms with Crippen LogP contribution in [0.1, 0.15) is 32.6 Å². The molecule has 1 aliphatic rings. The minimum Gasteiger partial charge on any atom is -0.335 e. The van der Waals surface area contributed by atoms with Crippen molar-refractivity contribution in [3.8, 4) is 0 Å². The highest BCUT2D eigenvalue weighted by molar-refractivity contribution is 7.99. The van der Waals surface area contributed by atoms with Gasteiger partial charge in [-0.25, -0.2) is 14.7 Å². The molecule has 0 aliphatic heterocycles. The van der Waals surface area contributed by atoms with Crippen molar-refractivity contribution in [2.75, 3.05) is 5.75 Å². The maximum absolute atomic E-state index is 11.6. The number of aromatic amines is 1. The van der Waals surface area contributed by atoms with Crippen molar-refractivity contribution >= 4 is 23.7 Å². The number of hydrogen-bond acceptors (Lipinski definition) is 5. The van der Waals surface area contributed by atoms with Crippen LogP contribution in [0.4, 0.5) is 4.79 Å². The highest BCUT2D eigenvalue weighted by atomic mass is 32.2. The second kappa shape index (κ2) is 7.30. The Morgan fingerprint density at radius 1 is 1.48 bits per heavy atom. The quantitative estimate of drug-likeness (QED) is 0.633. The molecule has 1 aliphatic carbocycles. The molecule has 1 fully saturated rings. The van der Waals surface area contributed by atoms with E-state index >= 15 is 0 Å². The molecule has 1 heterocycles. The van der Waals surface area contributed by atoms with E-state index in [4.69, 9.17) is 0 Å². The summed E-state index contributed by atoms with van der Waals surface area (Å²) in [6, 6.07) is -0.260. The maximum Gasteiger partial charge on any atom is 0.343 e. The van der Waals surface area contributed by atoms with Crippen LogP contribution >= 0.6 is 11.8 Å². The molecule has 1 aromatic heterocycles. The molecule has 116 valence electrons. The summed E-state index contributed by atoms with van der Waals surface area (Å²) in [4.78, 5) is 34.6. The molecule has 0 radical (unpaired) electrons. The molecular formula is C12H19N5O3S. The van der Waals surface area contributed by atoms with Crippen LogP contribution in [-0.4, -0.2) is 38.5 Å². The summed E-state index contributed by atoms with van der Waals surface area (Å²) in [7, 11) is 0. The first kappa shape index (κ1) is 15.6. The molecule has 8 nitrogen and oxygen atoms in total. The van der Waals surface area contributed by atoms with E-state index in [0.717, 1.165) is 37.4 Å². The SMILES string of the molecule is CCCCn1c(SCC(=O)NC(=O)NC2CC2)n[nH]c1=O. The third kappa shape index (κ3) is 4.92. The van der Waals surface area contributed by atoms with Gasteiger partial charge in [-0.2, -0.15) is 0 Å². The topological polar surface area (TPSA) is 109 Å². The first-order chi connectivity index (χ1) is 10.1. The van der Waals surface area contributed by atoms with Crippen LogP contribution in [0.3, 0.4) is 0 Å². The van der Waals surface area contributed by atoms with E-state index in [1.165, 1.54) is 4.57 Å². The van der Waals surface area contributed by atoms with Crippen molar-refractivity contribution in [1.29, 1.82) is 0 Å². The molecule has 2 rings (SSSR count). The number of carbonyl (C=O) groups excluding carboxylic acids is 2. The Labute approximate surface area is 126 Å². The lowest BCUT2D eigenvalue weighted by Crippen LogP contribution is -2.41. The molecule has 0 saturated heterocycles. The Hall–Kier alpha value is -1.77. The Kier molecular flexibility index (Phi) is 5.43. The second-order valence-electron chi connectivity index (χ2n) is 4.90. The van der Waals surface area contributed by atoms with Gasteiger partial charge in [0.25, 0.3) is 0 Å². The van der Waals surface area contributed by atoms with Crippen molar-refractivity contribution in [3.05, 3.63) is 10.5 Å². The number of hydrogen-bond donors (Lipinski definition) is 3. The Morgan fingerprint density at radius 2 is 2.24 bits per heavy atom. The van der Waals surface area contributed by atoms with Crippen LogP contribution in [0.15, 0.2) is 9.95 Å². The number of nitrogens with one attached hydrogen (secondary N) is 3. The zero-order valence-electron chi connectivity index (χ0n) is 11.8. The molecule has 3 amide bonds. The molecular weight excluding hydrogens is 294 g/mol. The van der Waals surface area contributed by atoms with Gasteiger partial charge in [0.15, 0.2) is 5.16 Å². The zero-order valence-corrected chi connectivity index (χ0v) is 12.7. The lowest BCUT2D eigenvalue weighted by atomic mass is 10.3. The number of aromatic nitrogens is 3. The van der Waals surface area contributed by atoms with Gasteiger partial charge in [0.05, 0.1) is 5.75 Å². The van der Waals surface area contributed by atoms with E-state index in [-0.39, 0.29) is 17.5 Å². The van der Waals surface area contributed by atoms with Crippen LogP contribution < -0.4 is 16.3 Å². The lowest BCUT2D eigenvalue weighted by molar-refractivity contribution is -0.117. The lowest BCUT2D eigenvalue weighted by Gasteiger charge is -2.06. The molecule has 0 aromatic carbocycles. The van der Waals surface area contributed by atoms with Crippen molar-refractivity contribution in [2.24, 2.45) is 0 Å². The van der Waals surface area contributed by atoms with Gasteiger partial charge in [-0.05, 0) is 19.3 Å². The predicted octanol–water partition coefficient (Wildman–Crippen LogP) is 0.452. The monoisotopic (exact) mass is 313 g/mol. The number of carbonyl (C=O) groups is 2. The van der Waals surface area contributed by atoms with Gasteiger partial charge in [0.2, 0.25) is 5.91 Å². The van der Waals surface area contributed by atoms with Gasteiger partial charge in [-0.3, -0.25) is 14.7 Å². The predicted molar refractivity (Wildman–Crippen MR) is 78.2 cm³/mol. The van der Waals surface area contributed by atoms with Gasteiger partial charge in [-0.1, -0.05) is 25.1 Å². The smallest absolute Gasteiger partial charge is 0.335 e. The minimum absolute atomic E-state index is 0.0362. The number of rotatable bonds is 7. The summed E-state index contributed by atoms with van der Waals surface area (Å²) in [5.41, 5.74) is -0.280. The van der Waals surface area contributed by atoms with Crippen molar-refractivity contribution in [2.45, 2.75) is 50.4 Å². The van der Waals surface area contributed by atoms with Gasteiger partial charge < -0.3 is 5.32 Å². The molecule has 3 N–H and O–H groups in total. The zero-order chi connectivity index (χ0) is 15.2. The molecule has 0 unspecified atom stereocenters. The number of thioether (sulfide) groups is 1. The first-order valence-corrected chi connectivity index (χ1v) is 7.97. The summed E-state index contributed by atoms with van der Waals surface area (Å²) in [5.74, 6) is -0.371. The first-order valence-electron chi connectivity index (χ1n) is 6.98. The standard InChI is InChI=1S/C12H19N5O3S/c1-2-3-6-17-11(20)15-16-12(17)21-7-9(18)14-10(19)13-8-4-5-8/h8H,2-7H2,1H3,(H,15,20)(H2,13,14,18,19).